The van der Waals surface area contributed by atoms with Crippen molar-refractivity contribution in [3.05, 3.63) is 34.3 Å². The van der Waals surface area contributed by atoms with Gasteiger partial charge in [0.1, 0.15) is 11.6 Å². The summed E-state index contributed by atoms with van der Waals surface area (Å²) in [5, 5.41) is 4.50. The number of amides is 2. The van der Waals surface area contributed by atoms with Crippen molar-refractivity contribution >= 4 is 46.7 Å². The van der Waals surface area contributed by atoms with Crippen molar-refractivity contribution in [2.75, 3.05) is 47.6 Å². The highest BCUT2D eigenvalue weighted by Crippen LogP contribution is 2.38. The van der Waals surface area contributed by atoms with Gasteiger partial charge in [0.2, 0.25) is 17.8 Å². The molecule has 13 heteroatoms. The zero-order valence-electron chi connectivity index (χ0n) is 16.5. The fourth-order valence-electron chi connectivity index (χ4n) is 3.56. The highest BCUT2D eigenvalue weighted by molar-refractivity contribution is 6.31. The van der Waals surface area contributed by atoms with Crippen LogP contribution in [0.15, 0.2) is 18.2 Å². The molecule has 2 aliphatic heterocycles. The van der Waals surface area contributed by atoms with Crippen LogP contribution in [0.25, 0.3) is 0 Å². The summed E-state index contributed by atoms with van der Waals surface area (Å²) >= 11 is 5.62. The number of nitrogens with zero attached hydrogens (tertiary/aromatic N) is 3. The highest BCUT2D eigenvalue weighted by atomic mass is 35.5. The standard InChI is InChI=1S/C19H18ClF3N6O3/c20-12-2-1-9(7-11(12)19(21,22)23)25-17(31)10-8-13(30)26-16-14(10)15(24)27-18(28-16)29-3-5-32-6-4-29/h1-2,7,10H,3-6,8H2,(H,25,31)(H3,24,26,27,28,30)/t10-/m1/s1. The number of anilines is 4. The number of fused-ring (bicyclic) bond motifs is 1. The average molecular weight is 471 g/mol. The maximum absolute atomic E-state index is 13.1. The summed E-state index contributed by atoms with van der Waals surface area (Å²) in [5.41, 5.74) is 5.11. The molecule has 3 heterocycles. The number of alkyl halides is 3. The molecule has 0 unspecified atom stereocenters. The van der Waals surface area contributed by atoms with Crippen molar-refractivity contribution in [2.24, 2.45) is 0 Å². The van der Waals surface area contributed by atoms with Crippen LogP contribution in [-0.4, -0.2) is 48.1 Å². The van der Waals surface area contributed by atoms with E-state index in [9.17, 15) is 22.8 Å². The van der Waals surface area contributed by atoms with E-state index in [2.05, 4.69) is 20.6 Å². The number of nitrogens with two attached hydrogens (primary N) is 1. The van der Waals surface area contributed by atoms with Crippen molar-refractivity contribution in [1.29, 1.82) is 0 Å². The Morgan fingerprint density at radius 1 is 1.28 bits per heavy atom. The third kappa shape index (κ3) is 4.41. The van der Waals surface area contributed by atoms with E-state index in [-0.39, 0.29) is 29.3 Å². The lowest BCUT2D eigenvalue weighted by Gasteiger charge is -2.30. The molecule has 9 nitrogen and oxygen atoms in total. The first-order chi connectivity index (χ1) is 15.1. The molecule has 0 saturated carbocycles. The number of halogens is 4. The summed E-state index contributed by atoms with van der Waals surface area (Å²) in [6.07, 6.45) is -4.95. The van der Waals surface area contributed by atoms with Gasteiger partial charge in [0.05, 0.1) is 35.3 Å². The van der Waals surface area contributed by atoms with Crippen molar-refractivity contribution < 1.29 is 27.5 Å². The zero-order chi connectivity index (χ0) is 23.0. The maximum Gasteiger partial charge on any atom is 0.417 e. The number of benzene rings is 1. The Balaban J connectivity index is 1.63. The summed E-state index contributed by atoms with van der Waals surface area (Å²) in [7, 11) is 0. The van der Waals surface area contributed by atoms with Crippen LogP contribution in [0.3, 0.4) is 0 Å². The summed E-state index contributed by atoms with van der Waals surface area (Å²) in [6.45, 7) is 2.04. The van der Waals surface area contributed by atoms with Gasteiger partial charge in [-0.15, -0.1) is 0 Å². The first kappa shape index (κ1) is 22.1. The Kier molecular flexibility index (Phi) is 5.82. The third-order valence-electron chi connectivity index (χ3n) is 5.11. The number of hydrogen-bond donors (Lipinski definition) is 3. The molecule has 0 spiro atoms. The van der Waals surface area contributed by atoms with Gasteiger partial charge in [0.15, 0.2) is 0 Å². The Bertz CT molecular complexity index is 1080. The normalized spacial score (nSPS) is 18.7. The quantitative estimate of drug-likeness (QED) is 0.630. The Labute approximate surface area is 185 Å². The van der Waals surface area contributed by atoms with E-state index in [4.69, 9.17) is 22.1 Å². The second-order valence-electron chi connectivity index (χ2n) is 7.26. The van der Waals surface area contributed by atoms with E-state index in [0.717, 1.165) is 12.1 Å². The number of carbonyl (C=O) groups excluding carboxylic acids is 2. The topological polar surface area (TPSA) is 122 Å². The summed E-state index contributed by atoms with van der Waals surface area (Å²) in [5.74, 6) is -1.88. The predicted octanol–water partition coefficient (Wildman–Crippen LogP) is 2.63. The minimum Gasteiger partial charge on any atom is -0.383 e. The van der Waals surface area contributed by atoms with Crippen LogP contribution < -0.4 is 21.3 Å². The molecule has 32 heavy (non-hydrogen) atoms. The molecular formula is C19H18ClF3N6O3. The molecule has 2 aromatic rings. The first-order valence-corrected chi connectivity index (χ1v) is 9.99. The molecule has 170 valence electrons. The molecule has 2 amide bonds. The fraction of sp³-hybridized carbons (Fsp3) is 0.368. The van der Waals surface area contributed by atoms with Gasteiger partial charge < -0.3 is 26.0 Å². The number of aromatic nitrogens is 2. The van der Waals surface area contributed by atoms with Crippen LogP contribution >= 0.6 is 11.6 Å². The van der Waals surface area contributed by atoms with Gasteiger partial charge in [-0.05, 0) is 18.2 Å². The minimum absolute atomic E-state index is 0.00345. The second-order valence-corrected chi connectivity index (χ2v) is 7.66. The van der Waals surface area contributed by atoms with Crippen LogP contribution in [0.5, 0.6) is 0 Å². The summed E-state index contributed by atoms with van der Waals surface area (Å²) in [6, 6.07) is 3.00. The smallest absolute Gasteiger partial charge is 0.383 e. The number of nitrogens with one attached hydrogen (secondary N) is 2. The van der Waals surface area contributed by atoms with E-state index < -0.39 is 34.5 Å². The molecule has 0 aliphatic carbocycles. The van der Waals surface area contributed by atoms with E-state index in [1.807, 2.05) is 4.90 Å². The predicted molar refractivity (Wildman–Crippen MR) is 111 cm³/mol. The number of carbonyl (C=O) groups is 2. The average Bonchev–Trinajstić information content (AvgIpc) is 2.74. The first-order valence-electron chi connectivity index (χ1n) is 9.61. The number of ether oxygens (including phenoxy) is 1. The third-order valence-corrected chi connectivity index (χ3v) is 5.44. The molecular weight excluding hydrogens is 453 g/mol. The number of nitrogen functional groups attached to an aromatic ring is 1. The summed E-state index contributed by atoms with van der Waals surface area (Å²) < 4.78 is 44.6. The molecule has 1 atom stereocenters. The Hall–Kier alpha value is -3.12. The van der Waals surface area contributed by atoms with Gasteiger partial charge in [-0.2, -0.15) is 23.1 Å². The SMILES string of the molecule is Nc1nc(N2CCOCC2)nc2c1[C@H](C(=O)Nc1ccc(Cl)c(C(F)(F)F)c1)CC(=O)N2. The zero-order valence-corrected chi connectivity index (χ0v) is 17.3. The van der Waals surface area contributed by atoms with Gasteiger partial charge in [0, 0.05) is 25.2 Å². The van der Waals surface area contributed by atoms with Gasteiger partial charge in [-0.3, -0.25) is 9.59 Å². The van der Waals surface area contributed by atoms with E-state index in [0.29, 0.717) is 32.3 Å². The monoisotopic (exact) mass is 470 g/mol. The summed E-state index contributed by atoms with van der Waals surface area (Å²) in [4.78, 5) is 35.6. The molecule has 1 saturated heterocycles. The van der Waals surface area contributed by atoms with Crippen molar-refractivity contribution in [1.82, 2.24) is 9.97 Å². The van der Waals surface area contributed by atoms with Crippen molar-refractivity contribution in [3.8, 4) is 0 Å². The highest BCUT2D eigenvalue weighted by Gasteiger charge is 2.36. The van der Waals surface area contributed by atoms with Gasteiger partial charge in [-0.1, -0.05) is 11.6 Å². The van der Waals surface area contributed by atoms with Crippen molar-refractivity contribution in [2.45, 2.75) is 18.5 Å². The van der Waals surface area contributed by atoms with Crippen LogP contribution in [-0.2, 0) is 20.5 Å². The number of morpholine rings is 1. The molecule has 1 fully saturated rings. The van der Waals surface area contributed by atoms with Crippen molar-refractivity contribution in [3.63, 3.8) is 0 Å². The number of hydrogen-bond acceptors (Lipinski definition) is 7. The molecule has 0 radical (unpaired) electrons. The van der Waals surface area contributed by atoms with E-state index >= 15 is 0 Å². The Morgan fingerprint density at radius 2 is 2.00 bits per heavy atom. The molecule has 0 bridgehead atoms. The molecule has 1 aromatic heterocycles. The lowest BCUT2D eigenvalue weighted by Crippen LogP contribution is -2.38. The van der Waals surface area contributed by atoms with Crippen LogP contribution in [0.1, 0.15) is 23.5 Å². The van der Waals surface area contributed by atoms with E-state index in [1.165, 1.54) is 6.07 Å². The van der Waals surface area contributed by atoms with Gasteiger partial charge in [0.25, 0.3) is 0 Å². The van der Waals surface area contributed by atoms with Gasteiger partial charge in [-0.25, -0.2) is 0 Å². The Morgan fingerprint density at radius 3 is 2.69 bits per heavy atom. The minimum atomic E-state index is -4.69. The lowest BCUT2D eigenvalue weighted by molar-refractivity contribution is -0.137. The van der Waals surface area contributed by atoms with E-state index in [1.54, 1.807) is 0 Å². The fourth-order valence-corrected chi connectivity index (χ4v) is 3.79. The lowest BCUT2D eigenvalue weighted by atomic mass is 9.91. The largest absolute Gasteiger partial charge is 0.417 e. The molecule has 2 aliphatic rings. The van der Waals surface area contributed by atoms with Crippen LogP contribution in [0, 0.1) is 0 Å². The maximum atomic E-state index is 13.1. The molecule has 4 N–H and O–H groups in total. The van der Waals surface area contributed by atoms with Crippen LogP contribution in [0.4, 0.5) is 36.4 Å². The second kappa shape index (κ2) is 8.43. The number of rotatable bonds is 3. The molecule has 4 rings (SSSR count). The van der Waals surface area contributed by atoms with Crippen LogP contribution in [0.2, 0.25) is 5.02 Å². The van der Waals surface area contributed by atoms with Gasteiger partial charge >= 0.3 is 6.18 Å². The molecule has 1 aromatic carbocycles.